The molecule has 0 aliphatic carbocycles. The van der Waals surface area contributed by atoms with Gasteiger partial charge in [0.2, 0.25) is 76.8 Å². The zero-order chi connectivity index (χ0) is 102. The van der Waals surface area contributed by atoms with E-state index >= 15 is 33.2 Å². The van der Waals surface area contributed by atoms with Crippen LogP contribution in [0.15, 0.2) is 97.2 Å². The highest BCUT2D eigenvalue weighted by Gasteiger charge is 2.50. The summed E-state index contributed by atoms with van der Waals surface area (Å²) in [6.07, 6.45) is 3.01. The number of carboxylic acid groups (broad SMARTS) is 1. The molecular weight excluding hydrogens is 1840 g/mol. The van der Waals surface area contributed by atoms with E-state index in [-0.39, 0.29) is 218 Å². The van der Waals surface area contributed by atoms with Gasteiger partial charge in [0.15, 0.2) is 5.78 Å². The maximum Gasteiger partial charge on any atom is 0.303 e. The van der Waals surface area contributed by atoms with Crippen molar-refractivity contribution in [1.29, 1.82) is 0 Å². The van der Waals surface area contributed by atoms with Gasteiger partial charge in [-0.05, 0) is 155 Å². The van der Waals surface area contributed by atoms with E-state index in [1.807, 2.05) is 42.9 Å². The zero-order valence-electron chi connectivity index (χ0n) is 82.5. The Balaban J connectivity index is 0.866. The number of aromatic nitrogens is 1. The monoisotopic (exact) mass is 1980 g/mol. The van der Waals surface area contributed by atoms with Gasteiger partial charge in [-0.15, -0.1) is 0 Å². The first-order valence-corrected chi connectivity index (χ1v) is 49.7. The molecule has 142 heavy (non-hydrogen) atoms. The van der Waals surface area contributed by atoms with Crippen LogP contribution in [0.5, 0.6) is 5.75 Å². The summed E-state index contributed by atoms with van der Waals surface area (Å²) in [5.74, 6) is -10.7. The standard InChI is InChI=1S/C102H142FN15O24/c1-67-94(129)109-80(34-31-76(120)20-10-9-13-48-118(4,5)49-16-21-77(121)64-140-54-52-139-51-43-105-88(124)65-141-55-53-138-50-42-104-86(122)22-15-23-91(127)128)95(130)110-81-58-72-18-14-19-73(56-72)61-107-89(125)66-142-85-39-47-116-93(85)98(133)113-92(68(2)119)97(132)112-82(57-70-28-32-78(137-6)33-29-70)100(135)117-46-17-40-102(117,3)101(136)106-41-38-69-24-26-71(27-25-69)62-115(90(126)37-36-87(123)108-67)45-12-8-7-11-44-114-63-74(59-83(99(116)134)111-96(81)131)79-60-75(103)30-35-84(79)114/h14,18-19,24-30,32-33,35,56,60,63,67-68,80-83,85,92-93,119H,7-13,15-17,20-23,31,34,36-55,57-59,61-62,64-66H2,1-6H3,(H10-,104,105,106,107,108,109,110,111,112,113,122,123,124,125,127,128,129,130,131,132,133,136)/p+1/t67-,68+,80+,81-,82-,83-,85-,92-,93-,102-/m0/s1. The molecule has 39 nitrogen and oxygen atoms in total. The minimum atomic E-state index is -1.88. The number of carbonyl (C=O) groups is 16. The predicted molar refractivity (Wildman–Crippen MR) is 518 cm³/mol. The summed E-state index contributed by atoms with van der Waals surface area (Å²) in [7, 11) is 5.58. The Hall–Kier alpha value is -12.2. The van der Waals surface area contributed by atoms with Gasteiger partial charge in [0.25, 0.3) is 0 Å². The fourth-order valence-corrected chi connectivity index (χ4v) is 18.3. The first-order valence-electron chi connectivity index (χ1n) is 49.7. The van der Waals surface area contributed by atoms with Crippen LogP contribution in [0.1, 0.15) is 183 Å². The molecule has 776 valence electrons. The molecule has 12 bridgehead atoms. The molecule has 6 aliphatic rings. The Kier molecular flexibility index (Phi) is 44.5. The second-order valence-electron chi connectivity index (χ2n) is 38.1. The third-order valence-electron chi connectivity index (χ3n) is 26.3. The molecule has 12 N–H and O–H groups in total. The lowest BCUT2D eigenvalue weighted by Gasteiger charge is -2.37. The Morgan fingerprint density at radius 2 is 1.27 bits per heavy atom. The number of carboxylic acids is 1. The van der Waals surface area contributed by atoms with Crippen LogP contribution in [0, 0.1) is 5.82 Å². The molecule has 4 aromatic carbocycles. The number of amides is 13. The SMILES string of the molecule is COc1ccc(C[C@@H]2NC(=O)[C@H]([C@@H](C)O)NC(=O)[C@@H]3[C@@H]4CCN3C(=O)[C@@H]3Cc5cn(c6ccc(F)cc56)CCCCCCN(Cc5ccc(cc5)CCNC(=O)[C@]5(C)CCCN5C2=O)C(=O)CCC(=O)N[C@@H](C)C(=O)N[C@H](CCC(=O)CCCCC[N+](C)(C)CCCC(=O)COCCOCCNC(=O)COCCOCCNC(=O)CCCC(=O)O)C(=O)N[C@@H](Cc2cccc(c2)CNC(=O)CO4)C(=O)N3)cc1. The van der Waals surface area contributed by atoms with Gasteiger partial charge in [-0.25, -0.2) is 4.39 Å². The second kappa shape index (κ2) is 56.6. The average Bonchev–Trinajstić information content (AvgIpc) is 1.61. The number of aryl methyl sites for hydroxylation is 1. The number of halogens is 1. The summed E-state index contributed by atoms with van der Waals surface area (Å²) in [5.41, 5.74) is 2.62. The molecule has 10 atom stereocenters. The number of nitrogens with one attached hydrogen (secondary N) is 10. The molecule has 2 saturated heterocycles. The van der Waals surface area contributed by atoms with Crippen LogP contribution in [-0.4, -0.2) is 321 Å². The Morgan fingerprint density at radius 1 is 0.592 bits per heavy atom. The lowest BCUT2D eigenvalue weighted by Crippen LogP contribution is -2.64. The Bertz CT molecular complexity index is 5130. The van der Waals surface area contributed by atoms with E-state index in [2.05, 4.69) is 53.2 Å². The summed E-state index contributed by atoms with van der Waals surface area (Å²) in [6, 6.07) is 13.8. The van der Waals surface area contributed by atoms with Crippen molar-refractivity contribution in [2.75, 3.05) is 133 Å². The zero-order valence-corrected chi connectivity index (χ0v) is 82.5. The van der Waals surface area contributed by atoms with Crippen molar-refractivity contribution in [3.63, 3.8) is 0 Å². The Labute approximate surface area is 827 Å². The van der Waals surface area contributed by atoms with Crippen molar-refractivity contribution in [3.05, 3.63) is 136 Å². The molecule has 11 rings (SSSR count). The summed E-state index contributed by atoms with van der Waals surface area (Å²) >= 11 is 0. The lowest BCUT2D eigenvalue weighted by atomic mass is 9.95. The van der Waals surface area contributed by atoms with E-state index in [4.69, 9.17) is 33.5 Å². The molecule has 0 radical (unpaired) electrons. The van der Waals surface area contributed by atoms with Crippen molar-refractivity contribution in [2.24, 2.45) is 0 Å². The smallest absolute Gasteiger partial charge is 0.303 e. The van der Waals surface area contributed by atoms with Crippen LogP contribution in [-0.2, 0) is 146 Å². The summed E-state index contributed by atoms with van der Waals surface area (Å²) < 4.78 is 52.0. The molecular formula is C102H143FN15O24+. The lowest BCUT2D eigenvalue weighted by molar-refractivity contribution is -0.890. The number of nitrogens with zero attached hydrogens (tertiary/aromatic N) is 5. The Morgan fingerprint density at radius 3 is 2.01 bits per heavy atom. The number of aliphatic hydroxyl groups is 1. The molecule has 40 heteroatoms. The molecule has 0 unspecified atom stereocenters. The maximum absolute atomic E-state index is 16.4. The van der Waals surface area contributed by atoms with E-state index in [1.54, 1.807) is 72.6 Å². The minimum absolute atomic E-state index is 0.0787. The molecule has 6 aliphatic heterocycles. The fraction of sp³-hybridized carbons (Fsp3) is 0.588. The minimum Gasteiger partial charge on any atom is -0.497 e. The number of ether oxygens (including phenoxy) is 6. The number of carbonyl (C=O) groups excluding carboxylic acids is 15. The number of methoxy groups -OCH3 is 1. The number of quaternary nitrogens is 1. The van der Waals surface area contributed by atoms with Crippen molar-refractivity contribution in [2.45, 2.75) is 255 Å². The number of Topliss-reactive ketones (excluding diaryl/α,β-unsaturated/α-hetero) is 2. The van der Waals surface area contributed by atoms with Gasteiger partial charge in [-0.1, -0.05) is 73.5 Å². The van der Waals surface area contributed by atoms with Gasteiger partial charge in [-0.3, -0.25) is 76.7 Å². The van der Waals surface area contributed by atoms with Crippen LogP contribution >= 0.6 is 0 Å². The highest BCUT2D eigenvalue weighted by molar-refractivity contribution is 6.00. The first kappa shape index (κ1) is 112. The molecule has 7 heterocycles. The van der Waals surface area contributed by atoms with Crippen molar-refractivity contribution in [3.8, 4) is 5.75 Å². The van der Waals surface area contributed by atoms with Gasteiger partial charge >= 0.3 is 5.97 Å². The highest BCUT2D eigenvalue weighted by Crippen LogP contribution is 2.33. The molecule has 1 aromatic heterocycles. The largest absolute Gasteiger partial charge is 0.497 e. The van der Waals surface area contributed by atoms with Crippen LogP contribution in [0.2, 0.25) is 0 Å². The van der Waals surface area contributed by atoms with Crippen molar-refractivity contribution < 1.29 is 124 Å². The molecule has 0 saturated carbocycles. The number of benzene rings is 4. The number of ketones is 2. The number of aliphatic hydroxyl groups excluding tert-OH is 1. The normalized spacial score (nSPS) is 22.0. The number of unbranched alkanes of at least 4 members (excludes halogenated alkanes) is 2. The number of hydrogen-bond acceptors (Lipinski definition) is 23. The third-order valence-corrected chi connectivity index (χ3v) is 26.3. The molecule has 5 aromatic rings. The van der Waals surface area contributed by atoms with Gasteiger partial charge in [-0.2, -0.15) is 0 Å². The fourth-order valence-electron chi connectivity index (χ4n) is 18.3. The van der Waals surface area contributed by atoms with E-state index in [9.17, 15) is 53.1 Å². The predicted octanol–water partition coefficient (Wildman–Crippen LogP) is 3.07. The molecule has 0 spiro atoms. The highest BCUT2D eigenvalue weighted by atomic mass is 19.1. The van der Waals surface area contributed by atoms with Crippen LogP contribution in [0.3, 0.4) is 0 Å². The van der Waals surface area contributed by atoms with Gasteiger partial charge < -0.3 is 116 Å². The van der Waals surface area contributed by atoms with E-state index in [0.717, 1.165) is 16.0 Å². The van der Waals surface area contributed by atoms with Gasteiger partial charge in [0.1, 0.15) is 85.0 Å². The summed E-state index contributed by atoms with van der Waals surface area (Å²) in [4.78, 5) is 232. The van der Waals surface area contributed by atoms with Crippen LogP contribution in [0.25, 0.3) is 10.9 Å². The number of rotatable bonds is 37. The van der Waals surface area contributed by atoms with Gasteiger partial charge in [0.05, 0.1) is 86.1 Å². The van der Waals surface area contributed by atoms with Crippen LogP contribution < -0.4 is 57.9 Å². The summed E-state index contributed by atoms with van der Waals surface area (Å²) in [5, 5.41) is 48.6. The first-order chi connectivity index (χ1) is 68.1. The molecule has 13 amide bonds. The third kappa shape index (κ3) is 35.7. The van der Waals surface area contributed by atoms with Crippen LogP contribution in [0.4, 0.5) is 4.39 Å². The number of aliphatic carboxylic acids is 1. The summed E-state index contributed by atoms with van der Waals surface area (Å²) in [6.45, 7) is 7.02. The number of hydrogen-bond donors (Lipinski definition) is 12. The molecule has 2 fully saturated rings. The van der Waals surface area contributed by atoms with Crippen molar-refractivity contribution in [1.82, 2.24) is 72.4 Å². The van der Waals surface area contributed by atoms with E-state index < -0.39 is 144 Å². The number of fused-ring (bicyclic) bond motifs is 16. The van der Waals surface area contributed by atoms with Crippen molar-refractivity contribution >= 4 is 105 Å². The van der Waals surface area contributed by atoms with E-state index in [0.29, 0.717) is 127 Å². The maximum atomic E-state index is 16.4. The second-order valence-corrected chi connectivity index (χ2v) is 38.1. The quantitative estimate of drug-likeness (QED) is 0.0201. The topological polar surface area (TPSA) is 504 Å². The van der Waals surface area contributed by atoms with Gasteiger partial charge in [0, 0.05) is 147 Å². The average molecular weight is 1980 g/mol. The van der Waals surface area contributed by atoms with E-state index in [1.165, 1.54) is 38.0 Å².